The standard InChI is InChI=1S/C29H42O7S/c1-9-14(2)20(30)15(3)18-21(31)24-19(22(32)25(18)37-8)23(33)26-28(6)12-10-16(27(4,5)34)35-17(28)11-13-29(26,7)36-24/h14-17,23,26,33-34H,9-13H2,1-8H3/t14-,15+,16+,17+,23-,26-,28+,29-/m1/s1. The summed E-state index contributed by atoms with van der Waals surface area (Å²) < 4.78 is 12.9. The predicted octanol–water partition coefficient (Wildman–Crippen LogP) is 4.15. The number of hydrogen-bond acceptors (Lipinski definition) is 8. The Hall–Kier alpha value is -1.48. The minimum absolute atomic E-state index is 0.00949. The van der Waals surface area contributed by atoms with E-state index in [1.54, 1.807) is 27.0 Å². The van der Waals surface area contributed by atoms with Gasteiger partial charge in [-0.3, -0.25) is 14.4 Å². The van der Waals surface area contributed by atoms with E-state index in [0.717, 1.165) is 11.8 Å². The Morgan fingerprint density at radius 1 is 1.16 bits per heavy atom. The molecule has 0 amide bonds. The van der Waals surface area contributed by atoms with Crippen LogP contribution in [0.25, 0.3) is 0 Å². The van der Waals surface area contributed by atoms with E-state index < -0.39 is 46.1 Å². The molecule has 2 fully saturated rings. The predicted molar refractivity (Wildman–Crippen MR) is 142 cm³/mol. The third kappa shape index (κ3) is 4.36. The Morgan fingerprint density at radius 2 is 1.81 bits per heavy atom. The number of ketones is 3. The molecule has 7 nitrogen and oxygen atoms in total. The third-order valence-corrected chi connectivity index (χ3v) is 10.4. The maximum atomic E-state index is 13.9. The normalized spacial score (nSPS) is 37.9. The fourth-order valence-electron chi connectivity index (χ4n) is 7.21. The van der Waals surface area contributed by atoms with E-state index in [9.17, 15) is 24.6 Å². The summed E-state index contributed by atoms with van der Waals surface area (Å²) in [6.45, 7) is 12.9. The highest BCUT2D eigenvalue weighted by molar-refractivity contribution is 8.03. The van der Waals surface area contributed by atoms with Gasteiger partial charge in [0.25, 0.3) is 0 Å². The van der Waals surface area contributed by atoms with Crippen LogP contribution in [0.4, 0.5) is 0 Å². The maximum Gasteiger partial charge on any atom is 0.226 e. The van der Waals surface area contributed by atoms with Crippen LogP contribution in [0.2, 0.25) is 0 Å². The summed E-state index contributed by atoms with van der Waals surface area (Å²) in [5, 5.41) is 22.4. The van der Waals surface area contributed by atoms with Crippen LogP contribution in [-0.4, -0.2) is 63.3 Å². The average molecular weight is 535 g/mol. The molecule has 1 saturated heterocycles. The zero-order valence-corrected chi connectivity index (χ0v) is 24.2. The van der Waals surface area contributed by atoms with E-state index in [0.29, 0.717) is 32.1 Å². The molecule has 0 radical (unpaired) electrons. The van der Waals surface area contributed by atoms with E-state index in [2.05, 4.69) is 6.92 Å². The number of hydrogen-bond donors (Lipinski definition) is 2. The second-order valence-corrected chi connectivity index (χ2v) is 13.3. The molecule has 4 rings (SSSR count). The van der Waals surface area contributed by atoms with E-state index in [4.69, 9.17) is 9.47 Å². The Kier molecular flexibility index (Phi) is 7.41. The number of allylic oxidation sites excluding steroid dienone is 2. The molecule has 0 unspecified atom stereocenters. The van der Waals surface area contributed by atoms with Crippen LogP contribution in [-0.2, 0) is 23.9 Å². The smallest absolute Gasteiger partial charge is 0.226 e. The van der Waals surface area contributed by atoms with Crippen LogP contribution in [0, 0.1) is 23.2 Å². The van der Waals surface area contributed by atoms with E-state index >= 15 is 0 Å². The Balaban J connectivity index is 1.74. The van der Waals surface area contributed by atoms with Crippen LogP contribution in [0.3, 0.4) is 0 Å². The van der Waals surface area contributed by atoms with Crippen LogP contribution >= 0.6 is 11.8 Å². The lowest BCUT2D eigenvalue weighted by Crippen LogP contribution is -2.66. The molecule has 2 aliphatic heterocycles. The highest BCUT2D eigenvalue weighted by atomic mass is 32.2. The zero-order valence-electron chi connectivity index (χ0n) is 23.3. The lowest BCUT2D eigenvalue weighted by molar-refractivity contribution is -0.260. The number of aliphatic hydroxyl groups is 2. The monoisotopic (exact) mass is 534 g/mol. The molecular weight excluding hydrogens is 492 g/mol. The summed E-state index contributed by atoms with van der Waals surface area (Å²) in [7, 11) is 0. The SMILES string of the molecule is CC[C@@H](C)C(=O)[C@@H](C)C1=C(SC)C(=O)C2=C(O[C@]3(C)CC[C@@H]4O[C@H](C(C)(C)O)CC[C@]4(C)[C@H]3[C@@H]2O)C1=O. The molecule has 37 heavy (non-hydrogen) atoms. The van der Waals surface area contributed by atoms with Crippen molar-refractivity contribution >= 4 is 29.1 Å². The second-order valence-electron chi connectivity index (χ2n) is 12.5. The van der Waals surface area contributed by atoms with Gasteiger partial charge in [0.15, 0.2) is 5.76 Å². The third-order valence-electron chi connectivity index (χ3n) is 9.57. The van der Waals surface area contributed by atoms with E-state index in [1.165, 1.54) is 0 Å². The Morgan fingerprint density at radius 3 is 2.38 bits per heavy atom. The van der Waals surface area contributed by atoms with Crippen molar-refractivity contribution in [3.8, 4) is 0 Å². The lowest BCUT2D eigenvalue weighted by Gasteiger charge is -2.61. The molecule has 4 aliphatic rings. The molecule has 2 heterocycles. The van der Waals surface area contributed by atoms with Crippen LogP contribution < -0.4 is 0 Å². The first kappa shape index (κ1) is 28.5. The van der Waals surface area contributed by atoms with Gasteiger partial charge in [-0.1, -0.05) is 27.7 Å². The minimum Gasteiger partial charge on any atom is -0.482 e. The van der Waals surface area contributed by atoms with Gasteiger partial charge in [-0.25, -0.2) is 0 Å². The van der Waals surface area contributed by atoms with Crippen molar-refractivity contribution in [2.24, 2.45) is 23.2 Å². The van der Waals surface area contributed by atoms with Crippen molar-refractivity contribution in [3.05, 3.63) is 21.8 Å². The number of thioether (sulfide) groups is 1. The van der Waals surface area contributed by atoms with Gasteiger partial charge in [-0.2, -0.15) is 0 Å². The van der Waals surface area contributed by atoms with Gasteiger partial charge in [0, 0.05) is 28.7 Å². The van der Waals surface area contributed by atoms with Gasteiger partial charge in [-0.05, 0) is 59.1 Å². The first-order chi connectivity index (χ1) is 17.1. The largest absolute Gasteiger partial charge is 0.482 e. The molecule has 206 valence electrons. The summed E-state index contributed by atoms with van der Waals surface area (Å²) in [5.41, 5.74) is -2.18. The van der Waals surface area contributed by atoms with Gasteiger partial charge in [-0.15, -0.1) is 11.8 Å². The second kappa shape index (κ2) is 9.61. The van der Waals surface area contributed by atoms with E-state index in [-0.39, 0.29) is 45.7 Å². The minimum atomic E-state index is -1.20. The fourth-order valence-corrected chi connectivity index (χ4v) is 7.99. The summed E-state index contributed by atoms with van der Waals surface area (Å²) in [6.07, 6.45) is 3.11. The number of carbonyl (C=O) groups excluding carboxylic acids is 3. The number of Topliss-reactive ketones (excluding diaryl/α,β-unsaturated/α-hetero) is 3. The van der Waals surface area contributed by atoms with Crippen molar-refractivity contribution in [3.63, 3.8) is 0 Å². The number of rotatable bonds is 6. The molecule has 8 heteroatoms. The van der Waals surface area contributed by atoms with Gasteiger partial charge < -0.3 is 19.7 Å². The molecule has 1 saturated carbocycles. The molecule has 0 spiro atoms. The first-order valence-electron chi connectivity index (χ1n) is 13.5. The quantitative estimate of drug-likeness (QED) is 0.489. The van der Waals surface area contributed by atoms with Crippen LogP contribution in [0.1, 0.15) is 80.6 Å². The van der Waals surface area contributed by atoms with Crippen molar-refractivity contribution < 1.29 is 34.1 Å². The average Bonchev–Trinajstić information content (AvgIpc) is 2.82. The molecular formula is C29H42O7S. The summed E-state index contributed by atoms with van der Waals surface area (Å²) >= 11 is 1.15. The topological polar surface area (TPSA) is 110 Å². The molecule has 0 aromatic carbocycles. The lowest BCUT2D eigenvalue weighted by atomic mass is 9.52. The highest BCUT2D eigenvalue weighted by Gasteiger charge is 2.65. The summed E-state index contributed by atoms with van der Waals surface area (Å²) in [6, 6.07) is 0. The van der Waals surface area contributed by atoms with Crippen molar-refractivity contribution in [1.82, 2.24) is 0 Å². The van der Waals surface area contributed by atoms with Crippen molar-refractivity contribution in [1.29, 1.82) is 0 Å². The van der Waals surface area contributed by atoms with Gasteiger partial charge >= 0.3 is 0 Å². The Labute approximate surface area is 224 Å². The van der Waals surface area contributed by atoms with Crippen LogP contribution in [0.5, 0.6) is 0 Å². The van der Waals surface area contributed by atoms with Gasteiger partial charge in [0.05, 0.1) is 34.4 Å². The fraction of sp³-hybridized carbons (Fsp3) is 0.759. The molecule has 2 N–H and O–H groups in total. The highest BCUT2D eigenvalue weighted by Crippen LogP contribution is 2.60. The molecule has 0 bridgehead atoms. The number of ether oxygens (including phenoxy) is 2. The number of fused-ring (bicyclic) bond motifs is 3. The van der Waals surface area contributed by atoms with Crippen molar-refractivity contribution in [2.45, 2.75) is 110 Å². The van der Waals surface area contributed by atoms with Crippen molar-refractivity contribution in [2.75, 3.05) is 6.26 Å². The van der Waals surface area contributed by atoms with Gasteiger partial charge in [0.2, 0.25) is 11.6 Å². The molecule has 0 aromatic heterocycles. The number of carbonyl (C=O) groups is 3. The summed E-state index contributed by atoms with van der Waals surface area (Å²) in [4.78, 5) is 41.0. The van der Waals surface area contributed by atoms with Crippen LogP contribution in [0.15, 0.2) is 21.8 Å². The molecule has 8 atom stereocenters. The first-order valence-corrected chi connectivity index (χ1v) is 14.7. The molecule has 0 aromatic rings. The Bertz CT molecular complexity index is 1070. The van der Waals surface area contributed by atoms with E-state index in [1.807, 2.05) is 20.8 Å². The van der Waals surface area contributed by atoms with Gasteiger partial charge in [0.1, 0.15) is 11.4 Å². The maximum absolute atomic E-state index is 13.9. The molecule has 2 aliphatic carbocycles. The number of aliphatic hydroxyl groups excluding tert-OH is 1. The zero-order chi connectivity index (χ0) is 27.7. The summed E-state index contributed by atoms with van der Waals surface area (Å²) in [5.74, 6) is -2.51.